The second-order valence-corrected chi connectivity index (χ2v) is 7.42. The third-order valence-electron chi connectivity index (χ3n) is 3.22. The van der Waals surface area contributed by atoms with Crippen molar-refractivity contribution >= 4 is 17.9 Å². The van der Waals surface area contributed by atoms with Crippen molar-refractivity contribution in [3.63, 3.8) is 0 Å². The van der Waals surface area contributed by atoms with Crippen LogP contribution in [-0.4, -0.2) is 45.4 Å². The summed E-state index contributed by atoms with van der Waals surface area (Å²) >= 11 is 1.49. The average Bonchev–Trinajstić information content (AvgIpc) is 2.45. The topological polar surface area (TPSA) is 55.3 Å². The molecular weight excluding hydrogens is 305 g/mol. The third-order valence-corrected chi connectivity index (χ3v) is 4.32. The lowest BCUT2D eigenvalue weighted by molar-refractivity contribution is 0.0177. The van der Waals surface area contributed by atoms with Crippen LogP contribution >= 0.6 is 11.8 Å². The molecule has 1 aliphatic rings. The second kappa shape index (κ2) is 7.26. The molecule has 0 radical (unpaired) electrons. The number of amides is 1. The first kappa shape index (κ1) is 17.0. The lowest BCUT2D eigenvalue weighted by Crippen LogP contribution is -2.43. The van der Waals surface area contributed by atoms with Crippen molar-refractivity contribution in [1.29, 1.82) is 0 Å². The van der Waals surface area contributed by atoms with Crippen LogP contribution in [0.2, 0.25) is 0 Å². The molecule has 7 heteroatoms. The van der Waals surface area contributed by atoms with E-state index in [1.54, 1.807) is 4.90 Å². The van der Waals surface area contributed by atoms with Gasteiger partial charge in [0.2, 0.25) is 0 Å². The van der Waals surface area contributed by atoms with Gasteiger partial charge in [0.15, 0.2) is 11.0 Å². The molecule has 1 aromatic rings. The van der Waals surface area contributed by atoms with Crippen LogP contribution < -0.4 is 0 Å². The summed E-state index contributed by atoms with van der Waals surface area (Å²) in [7, 11) is 0. The highest BCUT2D eigenvalue weighted by atomic mass is 32.2. The van der Waals surface area contributed by atoms with Crippen LogP contribution in [0.25, 0.3) is 0 Å². The second-order valence-electron chi connectivity index (χ2n) is 6.43. The molecule has 2 rings (SSSR count). The number of piperidine rings is 1. The largest absolute Gasteiger partial charge is 0.444 e. The first-order chi connectivity index (χ1) is 10.3. The number of halogens is 1. The van der Waals surface area contributed by atoms with Gasteiger partial charge in [0.05, 0.1) is 12.4 Å². The predicted molar refractivity (Wildman–Crippen MR) is 83.2 cm³/mol. The molecule has 0 aromatic carbocycles. The molecule has 1 aliphatic heterocycles. The van der Waals surface area contributed by atoms with Gasteiger partial charge in [-0.2, -0.15) is 0 Å². The van der Waals surface area contributed by atoms with Crippen molar-refractivity contribution in [3.8, 4) is 0 Å². The van der Waals surface area contributed by atoms with Crippen LogP contribution in [-0.2, 0) is 4.74 Å². The number of likely N-dealkylation sites (tertiary alicyclic amines) is 1. The van der Waals surface area contributed by atoms with E-state index in [1.165, 1.54) is 24.2 Å². The first-order valence-corrected chi connectivity index (χ1v) is 8.40. The van der Waals surface area contributed by atoms with Crippen molar-refractivity contribution in [2.24, 2.45) is 5.92 Å². The van der Waals surface area contributed by atoms with Crippen molar-refractivity contribution < 1.29 is 13.9 Å². The lowest BCUT2D eigenvalue weighted by atomic mass is 10.0. The highest BCUT2D eigenvalue weighted by Gasteiger charge is 2.27. The molecular formula is C15H22FN3O2S. The van der Waals surface area contributed by atoms with E-state index < -0.39 is 11.4 Å². The zero-order valence-corrected chi connectivity index (χ0v) is 14.0. The molecule has 1 saturated heterocycles. The monoisotopic (exact) mass is 327 g/mol. The molecule has 1 atom stereocenters. The SMILES string of the molecule is CC(C)(C)OC(=O)N1CCC[C@@H](CSc2ncc(F)cn2)C1. The van der Waals surface area contributed by atoms with Crippen molar-refractivity contribution in [2.75, 3.05) is 18.8 Å². The standard InChI is InChI=1S/C15H22FN3O2S/c1-15(2,3)21-14(20)19-6-4-5-11(9-19)10-22-13-17-7-12(16)8-18-13/h7-8,11H,4-6,9-10H2,1-3H3/t11-/m1/s1. The summed E-state index contributed by atoms with van der Waals surface area (Å²) in [6.07, 6.45) is 4.12. The van der Waals surface area contributed by atoms with E-state index in [4.69, 9.17) is 4.74 Å². The molecule has 1 amide bonds. The summed E-state index contributed by atoms with van der Waals surface area (Å²) in [6.45, 7) is 7.03. The Morgan fingerprint density at radius 3 is 2.77 bits per heavy atom. The minimum absolute atomic E-state index is 0.250. The van der Waals surface area contributed by atoms with Crippen molar-refractivity contribution in [3.05, 3.63) is 18.2 Å². The molecule has 0 saturated carbocycles. The zero-order chi connectivity index (χ0) is 16.2. The van der Waals surface area contributed by atoms with Gasteiger partial charge in [-0.05, 0) is 39.5 Å². The van der Waals surface area contributed by atoms with Crippen LogP contribution in [0.4, 0.5) is 9.18 Å². The smallest absolute Gasteiger partial charge is 0.410 e. The Balaban J connectivity index is 1.82. The number of aromatic nitrogens is 2. The maximum Gasteiger partial charge on any atom is 0.410 e. The Morgan fingerprint density at radius 2 is 2.14 bits per heavy atom. The lowest BCUT2D eigenvalue weighted by Gasteiger charge is -2.33. The number of nitrogens with zero attached hydrogens (tertiary/aromatic N) is 3. The number of thioether (sulfide) groups is 1. The van der Waals surface area contributed by atoms with Crippen molar-refractivity contribution in [2.45, 2.75) is 44.4 Å². The zero-order valence-electron chi connectivity index (χ0n) is 13.2. The maximum atomic E-state index is 12.8. The van der Waals surface area contributed by atoms with E-state index in [1.807, 2.05) is 20.8 Å². The molecule has 0 bridgehead atoms. The average molecular weight is 327 g/mol. The molecule has 1 fully saturated rings. The molecule has 0 aliphatic carbocycles. The minimum Gasteiger partial charge on any atom is -0.444 e. The molecule has 0 N–H and O–H groups in total. The van der Waals surface area contributed by atoms with Crippen LogP contribution in [0.15, 0.2) is 17.6 Å². The number of hydrogen-bond donors (Lipinski definition) is 0. The Labute approximate surface area is 134 Å². The summed E-state index contributed by atoms with van der Waals surface area (Å²) in [4.78, 5) is 21.7. The van der Waals surface area contributed by atoms with Crippen LogP contribution in [0.3, 0.4) is 0 Å². The number of rotatable bonds is 3. The summed E-state index contributed by atoms with van der Waals surface area (Å²) < 4.78 is 18.2. The molecule has 1 aromatic heterocycles. The normalized spacial score (nSPS) is 19.1. The molecule has 122 valence electrons. The molecule has 0 spiro atoms. The predicted octanol–water partition coefficient (Wildman–Crippen LogP) is 3.35. The number of hydrogen-bond acceptors (Lipinski definition) is 5. The van der Waals surface area contributed by atoms with Gasteiger partial charge in [-0.1, -0.05) is 11.8 Å². The molecule has 22 heavy (non-hydrogen) atoms. The molecule has 2 heterocycles. The summed E-state index contributed by atoms with van der Waals surface area (Å²) in [5, 5.41) is 0.566. The van der Waals surface area contributed by atoms with Gasteiger partial charge in [0.1, 0.15) is 5.60 Å². The Hall–Kier alpha value is -1.37. The van der Waals surface area contributed by atoms with Crippen molar-refractivity contribution in [1.82, 2.24) is 14.9 Å². The summed E-state index contributed by atoms with van der Waals surface area (Å²) in [5.41, 5.74) is -0.471. The molecule has 5 nitrogen and oxygen atoms in total. The van der Waals surface area contributed by atoms with E-state index in [2.05, 4.69) is 9.97 Å². The fraction of sp³-hybridized carbons (Fsp3) is 0.667. The molecule has 0 unspecified atom stereocenters. The summed E-state index contributed by atoms with van der Waals surface area (Å²) in [6, 6.07) is 0. The van der Waals surface area contributed by atoms with Crippen LogP contribution in [0.5, 0.6) is 0 Å². The fourth-order valence-electron chi connectivity index (χ4n) is 2.26. The number of ether oxygens (including phenoxy) is 1. The summed E-state index contributed by atoms with van der Waals surface area (Å²) in [5.74, 6) is 0.753. The van der Waals surface area contributed by atoms with Crippen LogP contribution in [0, 0.1) is 11.7 Å². The first-order valence-electron chi connectivity index (χ1n) is 7.42. The number of carbonyl (C=O) groups excluding carboxylic acids is 1. The Morgan fingerprint density at radius 1 is 1.45 bits per heavy atom. The van der Waals surface area contributed by atoms with Gasteiger partial charge in [-0.25, -0.2) is 19.2 Å². The Kier molecular flexibility index (Phi) is 5.61. The quantitative estimate of drug-likeness (QED) is 0.629. The minimum atomic E-state index is -0.471. The van der Waals surface area contributed by atoms with Gasteiger partial charge in [-0.15, -0.1) is 0 Å². The van der Waals surface area contributed by atoms with Gasteiger partial charge < -0.3 is 9.64 Å². The van der Waals surface area contributed by atoms with E-state index in [-0.39, 0.29) is 6.09 Å². The Bertz CT molecular complexity index is 505. The van der Waals surface area contributed by atoms with E-state index in [9.17, 15) is 9.18 Å². The third kappa shape index (κ3) is 5.44. The van der Waals surface area contributed by atoms with E-state index in [0.717, 1.165) is 25.1 Å². The van der Waals surface area contributed by atoms with E-state index >= 15 is 0 Å². The van der Waals surface area contributed by atoms with Crippen LogP contribution in [0.1, 0.15) is 33.6 Å². The van der Waals surface area contributed by atoms with Gasteiger partial charge >= 0.3 is 6.09 Å². The maximum absolute atomic E-state index is 12.8. The van der Waals surface area contributed by atoms with Gasteiger partial charge in [-0.3, -0.25) is 0 Å². The number of carbonyl (C=O) groups is 1. The van der Waals surface area contributed by atoms with E-state index in [0.29, 0.717) is 17.6 Å². The highest BCUT2D eigenvalue weighted by molar-refractivity contribution is 7.99. The fourth-order valence-corrected chi connectivity index (χ4v) is 3.17. The highest BCUT2D eigenvalue weighted by Crippen LogP contribution is 2.24. The van der Waals surface area contributed by atoms with Gasteiger partial charge in [0.25, 0.3) is 0 Å². The van der Waals surface area contributed by atoms with Gasteiger partial charge in [0, 0.05) is 18.8 Å².